The van der Waals surface area contributed by atoms with E-state index in [0.29, 0.717) is 11.6 Å². The first kappa shape index (κ1) is 11.8. The molecule has 0 amide bonds. The Morgan fingerprint density at radius 2 is 2.06 bits per heavy atom. The summed E-state index contributed by atoms with van der Waals surface area (Å²) in [5.41, 5.74) is 1.91. The maximum Gasteiger partial charge on any atom is 0.0991 e. The van der Waals surface area contributed by atoms with Crippen molar-refractivity contribution in [1.82, 2.24) is 5.32 Å². The van der Waals surface area contributed by atoms with Crippen LogP contribution in [-0.4, -0.2) is 0 Å². The van der Waals surface area contributed by atoms with E-state index in [9.17, 15) is 0 Å². The lowest BCUT2D eigenvalue weighted by Crippen LogP contribution is -2.16. The summed E-state index contributed by atoms with van der Waals surface area (Å²) in [6.07, 6.45) is 0. The monoisotopic (exact) mass is 242 g/mol. The highest BCUT2D eigenvalue weighted by Crippen LogP contribution is 2.18. The molecule has 0 saturated carbocycles. The van der Waals surface area contributed by atoms with E-state index >= 15 is 0 Å². The molecule has 2 rings (SSSR count). The Bertz CT molecular complexity index is 494. The molecule has 1 aromatic carbocycles. The van der Waals surface area contributed by atoms with Crippen molar-refractivity contribution in [2.24, 2.45) is 0 Å². The second-order valence-electron chi connectivity index (χ2n) is 3.93. The van der Waals surface area contributed by atoms with E-state index in [1.165, 1.54) is 10.4 Å². The van der Waals surface area contributed by atoms with Crippen molar-refractivity contribution in [3.05, 3.63) is 57.8 Å². The lowest BCUT2D eigenvalue weighted by atomic mass is 10.1. The minimum Gasteiger partial charge on any atom is -0.305 e. The Labute approximate surface area is 106 Å². The highest BCUT2D eigenvalue weighted by molar-refractivity contribution is 7.10. The topological polar surface area (TPSA) is 35.8 Å². The summed E-state index contributed by atoms with van der Waals surface area (Å²) in [5.74, 6) is 0. The van der Waals surface area contributed by atoms with E-state index in [1.807, 2.05) is 24.3 Å². The van der Waals surface area contributed by atoms with Gasteiger partial charge in [-0.2, -0.15) is 5.26 Å². The molecule has 86 valence electrons. The molecule has 1 atom stereocenters. The standard InChI is InChI=1S/C14H14N2S/c1-11(14-3-2-8-17-14)16-10-13-6-4-12(9-15)5-7-13/h2-8,11,16H,10H2,1H3/t11-/m0/s1. The Kier molecular flexibility index (Phi) is 3.92. The van der Waals surface area contributed by atoms with E-state index in [2.05, 4.69) is 35.8 Å². The number of nitrogens with one attached hydrogen (secondary N) is 1. The number of rotatable bonds is 4. The van der Waals surface area contributed by atoms with Gasteiger partial charge in [0, 0.05) is 17.5 Å². The molecule has 0 fully saturated rings. The van der Waals surface area contributed by atoms with E-state index in [0.717, 1.165) is 6.54 Å². The molecule has 0 radical (unpaired) electrons. The zero-order valence-corrected chi connectivity index (χ0v) is 10.5. The van der Waals surface area contributed by atoms with Crippen LogP contribution in [-0.2, 0) is 6.54 Å². The third-order valence-electron chi connectivity index (χ3n) is 2.67. The molecule has 0 saturated heterocycles. The van der Waals surface area contributed by atoms with Gasteiger partial charge in [-0.3, -0.25) is 0 Å². The molecule has 0 unspecified atom stereocenters. The van der Waals surface area contributed by atoms with Gasteiger partial charge in [0.1, 0.15) is 0 Å². The number of hydrogen-bond donors (Lipinski definition) is 1. The number of nitrogens with zero attached hydrogens (tertiary/aromatic N) is 1. The predicted molar refractivity (Wildman–Crippen MR) is 70.7 cm³/mol. The molecule has 1 aromatic heterocycles. The maximum atomic E-state index is 8.71. The second-order valence-corrected chi connectivity index (χ2v) is 4.91. The van der Waals surface area contributed by atoms with Gasteiger partial charge in [-0.15, -0.1) is 11.3 Å². The van der Waals surface area contributed by atoms with E-state index in [-0.39, 0.29) is 0 Å². The third kappa shape index (κ3) is 3.16. The van der Waals surface area contributed by atoms with Crippen LogP contribution in [0.1, 0.15) is 29.0 Å². The fourth-order valence-corrected chi connectivity index (χ4v) is 2.37. The van der Waals surface area contributed by atoms with E-state index in [1.54, 1.807) is 11.3 Å². The molecule has 0 aliphatic carbocycles. The quantitative estimate of drug-likeness (QED) is 0.891. The summed E-state index contributed by atoms with van der Waals surface area (Å²) in [6, 6.07) is 14.4. The van der Waals surface area contributed by atoms with Crippen LogP contribution in [0.25, 0.3) is 0 Å². The summed E-state index contributed by atoms with van der Waals surface area (Å²) < 4.78 is 0. The average Bonchev–Trinajstić information content (AvgIpc) is 2.90. The third-order valence-corrected chi connectivity index (χ3v) is 3.72. The first-order valence-electron chi connectivity index (χ1n) is 5.55. The molecule has 0 aliphatic heterocycles. The molecule has 3 heteroatoms. The number of benzene rings is 1. The van der Waals surface area contributed by atoms with Crippen LogP contribution in [0.15, 0.2) is 41.8 Å². The summed E-state index contributed by atoms with van der Waals surface area (Å²) in [6.45, 7) is 2.99. The molecule has 1 heterocycles. The van der Waals surface area contributed by atoms with Gasteiger partial charge in [-0.05, 0) is 36.1 Å². The highest BCUT2D eigenvalue weighted by atomic mass is 32.1. The lowest BCUT2D eigenvalue weighted by Gasteiger charge is -2.11. The van der Waals surface area contributed by atoms with Gasteiger partial charge < -0.3 is 5.32 Å². The van der Waals surface area contributed by atoms with Crippen molar-refractivity contribution >= 4 is 11.3 Å². The largest absolute Gasteiger partial charge is 0.305 e. The molecule has 1 N–H and O–H groups in total. The van der Waals surface area contributed by atoms with Crippen molar-refractivity contribution in [3.8, 4) is 6.07 Å². The molecular weight excluding hydrogens is 228 g/mol. The van der Waals surface area contributed by atoms with Gasteiger partial charge in [-0.25, -0.2) is 0 Å². The minimum absolute atomic E-state index is 0.366. The number of nitriles is 1. The van der Waals surface area contributed by atoms with Gasteiger partial charge in [0.2, 0.25) is 0 Å². The molecule has 2 nitrogen and oxygen atoms in total. The molecule has 2 aromatic rings. The van der Waals surface area contributed by atoms with Crippen molar-refractivity contribution < 1.29 is 0 Å². The Hall–Kier alpha value is -1.63. The molecule has 0 spiro atoms. The van der Waals surface area contributed by atoms with Crippen LogP contribution >= 0.6 is 11.3 Å². The Morgan fingerprint density at radius 1 is 1.29 bits per heavy atom. The molecule has 0 aliphatic rings. The molecule has 0 bridgehead atoms. The van der Waals surface area contributed by atoms with Crippen molar-refractivity contribution in [2.45, 2.75) is 19.5 Å². The van der Waals surface area contributed by atoms with Crippen LogP contribution < -0.4 is 5.32 Å². The van der Waals surface area contributed by atoms with Crippen LogP contribution in [0.3, 0.4) is 0 Å². The van der Waals surface area contributed by atoms with Crippen LogP contribution in [0.5, 0.6) is 0 Å². The first-order chi connectivity index (χ1) is 8.29. The summed E-state index contributed by atoms with van der Waals surface area (Å²) in [7, 11) is 0. The predicted octanol–water partition coefficient (Wildman–Crippen LogP) is 3.47. The first-order valence-corrected chi connectivity index (χ1v) is 6.43. The zero-order chi connectivity index (χ0) is 12.1. The van der Waals surface area contributed by atoms with Crippen molar-refractivity contribution in [1.29, 1.82) is 5.26 Å². The molecular formula is C14H14N2S. The van der Waals surface area contributed by atoms with Crippen LogP contribution in [0, 0.1) is 11.3 Å². The van der Waals surface area contributed by atoms with Crippen molar-refractivity contribution in [2.75, 3.05) is 0 Å². The smallest absolute Gasteiger partial charge is 0.0991 e. The summed E-state index contributed by atoms with van der Waals surface area (Å²) >= 11 is 1.77. The Morgan fingerprint density at radius 3 is 2.65 bits per heavy atom. The average molecular weight is 242 g/mol. The Balaban J connectivity index is 1.91. The van der Waals surface area contributed by atoms with Gasteiger partial charge in [0.25, 0.3) is 0 Å². The van der Waals surface area contributed by atoms with E-state index in [4.69, 9.17) is 5.26 Å². The second kappa shape index (κ2) is 5.62. The van der Waals surface area contributed by atoms with E-state index < -0.39 is 0 Å². The summed E-state index contributed by atoms with van der Waals surface area (Å²) in [4.78, 5) is 1.35. The fraction of sp³-hybridized carbons (Fsp3) is 0.214. The van der Waals surface area contributed by atoms with Gasteiger partial charge >= 0.3 is 0 Å². The van der Waals surface area contributed by atoms with Crippen molar-refractivity contribution in [3.63, 3.8) is 0 Å². The highest BCUT2D eigenvalue weighted by Gasteiger charge is 2.05. The number of hydrogen-bond acceptors (Lipinski definition) is 3. The van der Waals surface area contributed by atoms with Crippen LogP contribution in [0.4, 0.5) is 0 Å². The minimum atomic E-state index is 0.366. The van der Waals surface area contributed by atoms with Gasteiger partial charge in [0.05, 0.1) is 11.6 Å². The number of thiophene rings is 1. The van der Waals surface area contributed by atoms with Gasteiger partial charge in [0.15, 0.2) is 0 Å². The summed E-state index contributed by atoms with van der Waals surface area (Å²) in [5, 5.41) is 14.3. The SMILES string of the molecule is C[C@H](NCc1ccc(C#N)cc1)c1cccs1. The zero-order valence-electron chi connectivity index (χ0n) is 9.68. The molecule has 17 heavy (non-hydrogen) atoms. The fourth-order valence-electron chi connectivity index (χ4n) is 1.61. The van der Waals surface area contributed by atoms with Crippen LogP contribution in [0.2, 0.25) is 0 Å². The normalized spacial score (nSPS) is 12.0. The lowest BCUT2D eigenvalue weighted by molar-refractivity contribution is 0.583. The maximum absolute atomic E-state index is 8.71. The van der Waals surface area contributed by atoms with Gasteiger partial charge in [-0.1, -0.05) is 18.2 Å².